The van der Waals surface area contributed by atoms with Crippen LogP contribution in [-0.4, -0.2) is 94.3 Å². The number of aryl methyl sites for hydroxylation is 1. The number of amides is 2. The van der Waals surface area contributed by atoms with Crippen LogP contribution in [0, 0.1) is 36.3 Å². The van der Waals surface area contributed by atoms with Gasteiger partial charge in [0.05, 0.1) is 39.8 Å². The number of pyridine rings is 1. The average molecular weight is 1320 g/mol. The van der Waals surface area contributed by atoms with Gasteiger partial charge in [0, 0.05) is 57.7 Å². The summed E-state index contributed by atoms with van der Waals surface area (Å²) in [5.41, 5.74) is -8.88. The maximum Gasteiger partial charge on any atom is 0.524 e. The zero-order chi connectivity index (χ0) is 64.1. The van der Waals surface area contributed by atoms with E-state index in [1.807, 2.05) is 0 Å². The highest BCUT2D eigenvalue weighted by Crippen LogP contribution is 2.68. The number of rotatable bonds is 18. The number of benzene rings is 3. The van der Waals surface area contributed by atoms with Crippen molar-refractivity contribution in [1.29, 1.82) is 0 Å². The number of aromatic nitrogens is 5. The predicted octanol–water partition coefficient (Wildman–Crippen LogP) is 8.10. The number of carbonyl (C=O) groups is 2. The van der Waals surface area contributed by atoms with Crippen LogP contribution in [0.3, 0.4) is 0 Å². The van der Waals surface area contributed by atoms with Crippen molar-refractivity contribution in [2.24, 2.45) is 5.92 Å². The highest BCUT2D eigenvalue weighted by Gasteiger charge is 2.68. The number of fused-ring (bicyclic) bond motifs is 4. The largest absolute Gasteiger partial charge is 0.524 e. The third kappa shape index (κ3) is 13.8. The van der Waals surface area contributed by atoms with Crippen molar-refractivity contribution in [3.8, 4) is 28.7 Å². The lowest BCUT2D eigenvalue weighted by Crippen LogP contribution is -2.35. The number of hydrogen-bond donors (Lipinski definition) is 6. The molecule has 2 aliphatic carbocycles. The Kier molecular flexibility index (Phi) is 17.2. The Labute approximate surface area is 488 Å². The first-order valence-electron chi connectivity index (χ1n) is 25.0. The highest BCUT2D eigenvalue weighted by atomic mass is 35.5. The van der Waals surface area contributed by atoms with Gasteiger partial charge in [-0.3, -0.25) is 33.3 Å². The molecule has 464 valence electrons. The lowest BCUT2D eigenvalue weighted by atomic mass is 9.78. The molecule has 2 amide bonds. The molecule has 3 heterocycles. The quantitative estimate of drug-likeness (QED) is 0.0205. The van der Waals surface area contributed by atoms with E-state index in [0.29, 0.717) is 16.8 Å². The second kappa shape index (κ2) is 22.6. The summed E-state index contributed by atoms with van der Waals surface area (Å²) in [4.78, 5) is 72.3. The number of nitrogens with zero attached hydrogens (tertiary/aromatic N) is 6. The molecule has 6 aromatic rings. The normalized spacial score (nSPS) is 16.6. The summed E-state index contributed by atoms with van der Waals surface area (Å²) in [7, 11) is -18.7. The van der Waals surface area contributed by atoms with E-state index < -0.39 is 194 Å². The number of carbonyl (C=O) groups excluding carboxylic acids is 2. The Bertz CT molecular complexity index is 4140. The van der Waals surface area contributed by atoms with Gasteiger partial charge in [0.25, 0.3) is 5.92 Å². The number of nitrogens with one attached hydrogen (secondary N) is 1. The lowest BCUT2D eigenvalue weighted by molar-refractivity contribution is -0.143. The summed E-state index contributed by atoms with van der Waals surface area (Å²) in [5, 5.41) is 8.17. The first-order valence-corrected chi connectivity index (χ1v) is 31.5. The fourth-order valence-electron chi connectivity index (χ4n) is 10.4. The molecule has 3 aromatic heterocycles. The number of thiol groups is 1. The minimum absolute atomic E-state index is 0.112. The molecule has 0 aliphatic heterocycles. The SMILES string of the molecule is Cc1cc(P(=O)(O)O)cc(OP(=O)(O)O)c1C(C)(C)CC(=O)N(Cc1nn(CC(F)(F)F)c2c(-c3ccc(C#CC(C)(C)S(C)(=O)=O)nc3[C@H](Cc3cc(F)cc(F)c3)NC(=O)Cn3nc(C(F)(F)F)c4c3C(F)(F)[C@@H]3C[C@H]43)ccc(Cl)c12)[SH](=O)=O. The molecule has 20 nitrogen and oxygen atoms in total. The van der Waals surface area contributed by atoms with Gasteiger partial charge in [-0.1, -0.05) is 37.4 Å². The Morgan fingerprint density at radius 3 is 2.14 bits per heavy atom. The van der Waals surface area contributed by atoms with E-state index in [1.54, 1.807) is 0 Å². The van der Waals surface area contributed by atoms with Gasteiger partial charge in [-0.25, -0.2) is 39.5 Å². The third-order valence-corrected chi connectivity index (χ3v) is 18.7. The van der Waals surface area contributed by atoms with E-state index in [2.05, 4.69) is 32.3 Å². The molecule has 2 aliphatic rings. The van der Waals surface area contributed by atoms with Gasteiger partial charge in [-0.2, -0.15) is 45.3 Å². The zero-order valence-electron chi connectivity index (χ0n) is 45.2. The predicted molar refractivity (Wildman–Crippen MR) is 287 cm³/mol. The van der Waals surface area contributed by atoms with Gasteiger partial charge in [0.15, 0.2) is 15.5 Å². The van der Waals surface area contributed by atoms with Gasteiger partial charge in [0.1, 0.15) is 46.6 Å². The second-order valence-electron chi connectivity index (χ2n) is 21.7. The molecule has 0 spiro atoms. The number of phosphoric ester groups is 1. The van der Waals surface area contributed by atoms with Gasteiger partial charge in [-0.05, 0) is 99.0 Å². The van der Waals surface area contributed by atoms with E-state index in [1.165, 1.54) is 34.6 Å². The molecule has 1 fully saturated rings. The molecule has 86 heavy (non-hydrogen) atoms. The van der Waals surface area contributed by atoms with E-state index in [0.717, 1.165) is 48.7 Å². The van der Waals surface area contributed by atoms with Crippen LogP contribution in [-0.2, 0) is 83.0 Å². The van der Waals surface area contributed by atoms with Crippen LogP contribution in [0.2, 0.25) is 5.02 Å². The molecule has 35 heteroatoms. The van der Waals surface area contributed by atoms with Crippen LogP contribution >= 0.6 is 27.0 Å². The first kappa shape index (κ1) is 65.6. The van der Waals surface area contributed by atoms with Crippen LogP contribution in [0.1, 0.15) is 103 Å². The van der Waals surface area contributed by atoms with Crippen LogP contribution in [0.5, 0.6) is 5.75 Å². The summed E-state index contributed by atoms with van der Waals surface area (Å²) in [6, 6.07) is 6.12. The highest BCUT2D eigenvalue weighted by molar-refractivity contribution is 7.92. The fourth-order valence-corrected chi connectivity index (χ4v) is 12.4. The number of sulfone groups is 1. The van der Waals surface area contributed by atoms with Gasteiger partial charge in [-0.15, -0.1) is 0 Å². The summed E-state index contributed by atoms with van der Waals surface area (Å²) >= 11 is 6.74. The molecule has 3 aromatic carbocycles. The minimum atomic E-state index is -5.52. The zero-order valence-corrected chi connectivity index (χ0v) is 49.5. The van der Waals surface area contributed by atoms with Gasteiger partial charge in [0.2, 0.25) is 22.7 Å². The minimum Gasteiger partial charge on any atom is -0.404 e. The third-order valence-electron chi connectivity index (χ3n) is 14.3. The summed E-state index contributed by atoms with van der Waals surface area (Å²) in [6.07, 6.45) is -11.6. The van der Waals surface area contributed by atoms with Crippen molar-refractivity contribution in [1.82, 2.24) is 34.2 Å². The van der Waals surface area contributed by atoms with E-state index in [4.69, 9.17) is 16.1 Å². The van der Waals surface area contributed by atoms with Crippen LogP contribution in [0.4, 0.5) is 43.9 Å². The number of halogens is 11. The van der Waals surface area contributed by atoms with Crippen molar-refractivity contribution >= 4 is 75.8 Å². The molecular formula is C51H48ClF10N7O13P2S2. The monoisotopic (exact) mass is 1320 g/mol. The van der Waals surface area contributed by atoms with Crippen molar-refractivity contribution in [2.45, 2.75) is 114 Å². The molecule has 1 saturated carbocycles. The fraction of sp³-hybridized carbons (Fsp3) is 0.392. The molecule has 0 bridgehead atoms. The lowest BCUT2D eigenvalue weighted by Gasteiger charge is -2.30. The standard InChI is InChI=1S/C51H48ClF10N7O13P2S2/c1-24-13-29(83(72,73)74)18-37(82-84(75,76)77)42(24)47(2,3)20-39(71)69(85(78)79)21-36-41-34(52)10-9-31(44(41)68(65-36)23-49(55,56)57)30-8-7-28(11-12-48(4,5)86(6,80)81)63-43(30)35(16-25-14-26(53)17-27(54)15-25)64-38(70)22-67-46-40(45(66-67)51(60,61)62)32-19-33(32)50(46,58)59/h7-10,13-15,17-18,32-33,35,85H,16,19-23H2,1-6H3,(H,64,70)(H2,72,73,74)(H2,75,76,77)/t32-,33+,35-/m0/s1. The molecule has 0 unspecified atom stereocenters. The summed E-state index contributed by atoms with van der Waals surface area (Å²) in [5.74, 6) is -7.48. The van der Waals surface area contributed by atoms with Crippen molar-refractivity contribution in [3.05, 3.63) is 122 Å². The molecule has 8 rings (SSSR count). The maximum absolute atomic E-state index is 15.7. The maximum atomic E-state index is 15.7. The Morgan fingerprint density at radius 2 is 1.57 bits per heavy atom. The smallest absolute Gasteiger partial charge is 0.404 e. The number of phosphoric acid groups is 1. The van der Waals surface area contributed by atoms with Crippen LogP contribution < -0.4 is 15.1 Å². The number of alkyl halides is 8. The molecular weight excluding hydrogens is 1270 g/mol. The Hall–Kier alpha value is -6.42. The molecule has 0 radical (unpaired) electrons. The van der Waals surface area contributed by atoms with Crippen molar-refractivity contribution < 1.29 is 104 Å². The summed E-state index contributed by atoms with van der Waals surface area (Å²) in [6.45, 7) is 1.62. The van der Waals surface area contributed by atoms with E-state index in [-0.39, 0.29) is 48.9 Å². The van der Waals surface area contributed by atoms with Crippen molar-refractivity contribution in [3.63, 3.8) is 0 Å². The second-order valence-corrected chi connectivity index (χ2v) is 28.4. The van der Waals surface area contributed by atoms with E-state index in [9.17, 15) is 90.3 Å². The molecule has 0 saturated heterocycles. The Morgan fingerprint density at radius 1 is 0.942 bits per heavy atom. The van der Waals surface area contributed by atoms with Crippen LogP contribution in [0.25, 0.3) is 22.0 Å². The van der Waals surface area contributed by atoms with Crippen molar-refractivity contribution in [2.75, 3.05) is 6.26 Å². The molecule has 5 N–H and O–H groups in total. The Balaban J connectivity index is 1.30. The average Bonchev–Trinajstić information content (AvgIpc) is 1.52. The number of hydrogen-bond acceptors (Lipinski definition) is 12. The molecule has 3 atom stereocenters. The topological polar surface area (TPSA) is 291 Å². The van der Waals surface area contributed by atoms with Gasteiger partial charge >= 0.3 is 27.8 Å². The van der Waals surface area contributed by atoms with E-state index >= 15 is 8.78 Å². The summed E-state index contributed by atoms with van der Waals surface area (Å²) < 4.78 is 228. The van der Waals surface area contributed by atoms with Crippen LogP contribution in [0.15, 0.2) is 54.6 Å². The van der Waals surface area contributed by atoms with Gasteiger partial charge < -0.3 is 19.6 Å². The first-order chi connectivity index (χ1) is 39.3.